The predicted molar refractivity (Wildman–Crippen MR) is 82.9 cm³/mol. The largest absolute Gasteiger partial charge is 0.358 e. The van der Waals surface area contributed by atoms with Crippen molar-refractivity contribution in [1.82, 2.24) is 15.1 Å². The lowest BCUT2D eigenvalue weighted by atomic mass is 10.0. The fourth-order valence-electron chi connectivity index (χ4n) is 1.97. The second kappa shape index (κ2) is 7.37. The van der Waals surface area contributed by atoms with E-state index in [0.717, 1.165) is 5.56 Å². The van der Waals surface area contributed by atoms with Gasteiger partial charge in [0.05, 0.1) is 11.9 Å². The third-order valence-corrected chi connectivity index (χ3v) is 3.13. The molecule has 0 radical (unpaired) electrons. The van der Waals surface area contributed by atoms with E-state index in [1.54, 1.807) is 13.2 Å². The summed E-state index contributed by atoms with van der Waals surface area (Å²) in [6.07, 6.45) is 3.26. The first-order valence-electron chi connectivity index (χ1n) is 6.92. The van der Waals surface area contributed by atoms with Gasteiger partial charge in [0.1, 0.15) is 6.54 Å². The molecule has 7 heteroatoms. The van der Waals surface area contributed by atoms with Gasteiger partial charge in [-0.3, -0.25) is 14.3 Å². The normalized spacial score (nSPS) is 11.7. The minimum absolute atomic E-state index is 0.107. The lowest BCUT2D eigenvalue weighted by Gasteiger charge is -2.11. The van der Waals surface area contributed by atoms with Crippen molar-refractivity contribution in [3.63, 3.8) is 0 Å². The molecule has 22 heavy (non-hydrogen) atoms. The molecule has 1 atom stereocenters. The van der Waals surface area contributed by atoms with Gasteiger partial charge in [-0.25, -0.2) is 0 Å². The lowest BCUT2D eigenvalue weighted by Crippen LogP contribution is -2.23. The summed E-state index contributed by atoms with van der Waals surface area (Å²) in [5.41, 5.74) is 7.45. The summed E-state index contributed by atoms with van der Waals surface area (Å²) in [4.78, 5) is 23.2. The number of amides is 2. The zero-order valence-corrected chi connectivity index (χ0v) is 12.3. The van der Waals surface area contributed by atoms with E-state index in [9.17, 15) is 9.59 Å². The van der Waals surface area contributed by atoms with E-state index in [1.165, 1.54) is 10.9 Å². The van der Waals surface area contributed by atoms with Gasteiger partial charge in [0.25, 0.3) is 0 Å². The molecule has 2 rings (SSSR count). The van der Waals surface area contributed by atoms with Crippen LogP contribution in [0.5, 0.6) is 0 Å². The van der Waals surface area contributed by atoms with Gasteiger partial charge in [-0.2, -0.15) is 5.10 Å². The summed E-state index contributed by atoms with van der Waals surface area (Å²) < 4.78 is 1.45. The van der Waals surface area contributed by atoms with Crippen molar-refractivity contribution in [1.29, 1.82) is 0 Å². The third-order valence-electron chi connectivity index (χ3n) is 3.13. The minimum Gasteiger partial charge on any atom is -0.358 e. The van der Waals surface area contributed by atoms with Crippen LogP contribution >= 0.6 is 0 Å². The second-order valence-electron chi connectivity index (χ2n) is 4.87. The SMILES string of the molecule is CNC(=O)Cn1cc(NC(=O)CC(N)c2ccccc2)cn1. The van der Waals surface area contributed by atoms with Crippen molar-refractivity contribution in [3.8, 4) is 0 Å². The smallest absolute Gasteiger partial charge is 0.241 e. The summed E-state index contributed by atoms with van der Waals surface area (Å²) >= 11 is 0. The number of benzene rings is 1. The highest BCUT2D eigenvalue weighted by atomic mass is 16.2. The topological polar surface area (TPSA) is 102 Å². The summed E-state index contributed by atoms with van der Waals surface area (Å²) in [7, 11) is 1.56. The average Bonchev–Trinajstić information content (AvgIpc) is 2.94. The van der Waals surface area contributed by atoms with Gasteiger partial charge in [0, 0.05) is 25.7 Å². The van der Waals surface area contributed by atoms with Crippen LogP contribution in [0, 0.1) is 0 Å². The van der Waals surface area contributed by atoms with Crippen molar-refractivity contribution in [3.05, 3.63) is 48.3 Å². The molecule has 0 saturated carbocycles. The summed E-state index contributed by atoms with van der Waals surface area (Å²) in [6, 6.07) is 9.09. The van der Waals surface area contributed by atoms with Crippen LogP contribution in [0.25, 0.3) is 0 Å². The highest BCUT2D eigenvalue weighted by molar-refractivity contribution is 5.91. The molecule has 0 fully saturated rings. The van der Waals surface area contributed by atoms with Gasteiger partial charge in [-0.15, -0.1) is 0 Å². The van der Waals surface area contributed by atoms with Gasteiger partial charge >= 0.3 is 0 Å². The van der Waals surface area contributed by atoms with Gasteiger partial charge in [0.2, 0.25) is 11.8 Å². The van der Waals surface area contributed by atoms with E-state index < -0.39 is 0 Å². The second-order valence-corrected chi connectivity index (χ2v) is 4.87. The van der Waals surface area contributed by atoms with Crippen molar-refractivity contribution in [2.75, 3.05) is 12.4 Å². The number of anilines is 1. The lowest BCUT2D eigenvalue weighted by molar-refractivity contribution is -0.121. The van der Waals surface area contributed by atoms with Gasteiger partial charge < -0.3 is 16.4 Å². The number of hydrogen-bond acceptors (Lipinski definition) is 4. The number of nitrogens with one attached hydrogen (secondary N) is 2. The maximum Gasteiger partial charge on any atom is 0.241 e. The monoisotopic (exact) mass is 301 g/mol. The molecule has 2 aromatic rings. The Morgan fingerprint density at radius 1 is 1.27 bits per heavy atom. The molecule has 1 heterocycles. The van der Waals surface area contributed by atoms with Crippen LogP contribution in [-0.2, 0) is 16.1 Å². The molecule has 0 saturated heterocycles. The van der Waals surface area contributed by atoms with Crippen LogP contribution in [0.3, 0.4) is 0 Å². The van der Waals surface area contributed by atoms with Crippen LogP contribution in [0.15, 0.2) is 42.7 Å². The summed E-state index contributed by atoms with van der Waals surface area (Å²) in [6.45, 7) is 0.107. The Labute approximate surface area is 128 Å². The Balaban J connectivity index is 1.88. The first kappa shape index (κ1) is 15.7. The maximum absolute atomic E-state index is 12.0. The van der Waals surface area contributed by atoms with E-state index in [2.05, 4.69) is 15.7 Å². The predicted octanol–water partition coefficient (Wildman–Crippen LogP) is 0.658. The molecule has 0 aliphatic heterocycles. The van der Waals surface area contributed by atoms with Crippen LogP contribution in [0.4, 0.5) is 5.69 Å². The van der Waals surface area contributed by atoms with E-state index in [4.69, 9.17) is 5.73 Å². The third kappa shape index (κ3) is 4.42. The van der Waals surface area contributed by atoms with E-state index >= 15 is 0 Å². The van der Waals surface area contributed by atoms with Crippen molar-refractivity contribution >= 4 is 17.5 Å². The van der Waals surface area contributed by atoms with E-state index in [0.29, 0.717) is 5.69 Å². The quantitative estimate of drug-likeness (QED) is 0.729. The van der Waals surface area contributed by atoms with E-state index in [1.807, 2.05) is 30.3 Å². The zero-order valence-electron chi connectivity index (χ0n) is 12.3. The van der Waals surface area contributed by atoms with Gasteiger partial charge in [-0.05, 0) is 5.56 Å². The van der Waals surface area contributed by atoms with Crippen molar-refractivity contribution < 1.29 is 9.59 Å². The van der Waals surface area contributed by atoms with Crippen LogP contribution in [0.2, 0.25) is 0 Å². The molecule has 1 aromatic carbocycles. The zero-order chi connectivity index (χ0) is 15.9. The number of nitrogens with zero attached hydrogens (tertiary/aromatic N) is 2. The average molecular weight is 301 g/mol. The molecule has 2 amide bonds. The molecule has 1 aromatic heterocycles. The molecule has 7 nitrogen and oxygen atoms in total. The Hall–Kier alpha value is -2.67. The fraction of sp³-hybridized carbons (Fsp3) is 0.267. The summed E-state index contributed by atoms with van der Waals surface area (Å²) in [5.74, 6) is -0.358. The minimum atomic E-state index is -0.359. The van der Waals surface area contributed by atoms with Gasteiger partial charge in [0.15, 0.2) is 0 Å². The molecular weight excluding hydrogens is 282 g/mol. The highest BCUT2D eigenvalue weighted by Crippen LogP contribution is 2.14. The fourth-order valence-corrected chi connectivity index (χ4v) is 1.97. The Bertz CT molecular complexity index is 638. The molecule has 0 bridgehead atoms. The standard InChI is InChI=1S/C15H19N5O2/c1-17-15(22)10-20-9-12(8-18-20)19-14(21)7-13(16)11-5-3-2-4-6-11/h2-6,8-9,13H,7,10,16H2,1H3,(H,17,22)(H,19,21). The number of carbonyl (C=O) groups is 2. The number of carbonyl (C=O) groups excluding carboxylic acids is 2. The number of aromatic nitrogens is 2. The van der Waals surface area contributed by atoms with Gasteiger partial charge in [-0.1, -0.05) is 30.3 Å². The molecule has 0 aliphatic rings. The van der Waals surface area contributed by atoms with Crippen molar-refractivity contribution in [2.24, 2.45) is 5.73 Å². The molecule has 0 spiro atoms. The van der Waals surface area contributed by atoms with Crippen molar-refractivity contribution in [2.45, 2.75) is 19.0 Å². The number of rotatable bonds is 6. The number of hydrogen-bond donors (Lipinski definition) is 3. The molecule has 0 aliphatic carbocycles. The first-order chi connectivity index (χ1) is 10.6. The number of nitrogens with two attached hydrogens (primary N) is 1. The maximum atomic E-state index is 12.0. The molecule has 1 unspecified atom stereocenters. The van der Waals surface area contributed by atoms with Crippen LogP contribution < -0.4 is 16.4 Å². The van der Waals surface area contributed by atoms with Crippen LogP contribution in [-0.4, -0.2) is 28.6 Å². The molecular formula is C15H19N5O2. The Morgan fingerprint density at radius 3 is 2.68 bits per heavy atom. The highest BCUT2D eigenvalue weighted by Gasteiger charge is 2.12. The first-order valence-corrected chi connectivity index (χ1v) is 6.92. The van der Waals surface area contributed by atoms with Crippen LogP contribution in [0.1, 0.15) is 18.0 Å². The Morgan fingerprint density at radius 2 is 2.00 bits per heavy atom. The Kier molecular flexibility index (Phi) is 5.26. The van der Waals surface area contributed by atoms with E-state index in [-0.39, 0.29) is 30.8 Å². The summed E-state index contributed by atoms with van der Waals surface area (Å²) in [5, 5.41) is 9.23. The molecule has 116 valence electrons. The molecule has 4 N–H and O–H groups in total. The number of likely N-dealkylation sites (N-methyl/N-ethyl adjacent to an activating group) is 1.